The van der Waals surface area contributed by atoms with E-state index in [2.05, 4.69) is 11.4 Å². The average Bonchev–Trinajstić information content (AvgIpc) is 2.99. The van der Waals surface area contributed by atoms with E-state index < -0.39 is 17.1 Å². The van der Waals surface area contributed by atoms with Crippen LogP contribution in [-0.2, 0) is 13.2 Å². The predicted molar refractivity (Wildman–Crippen MR) is 126 cm³/mol. The van der Waals surface area contributed by atoms with Crippen LogP contribution in [0.4, 0.5) is 5.69 Å². The highest BCUT2D eigenvalue weighted by Gasteiger charge is 2.27. The molecule has 0 saturated heterocycles. The molecule has 1 aliphatic heterocycles. The Kier molecular flexibility index (Phi) is 5.40. The van der Waals surface area contributed by atoms with E-state index in [0.29, 0.717) is 18.8 Å². The molecule has 0 saturated carbocycles. The summed E-state index contributed by atoms with van der Waals surface area (Å²) in [6.07, 6.45) is 1.55. The van der Waals surface area contributed by atoms with Crippen LogP contribution in [0.5, 0.6) is 11.5 Å². The number of hydrogen-bond donors (Lipinski definition) is 2. The maximum Gasteiger partial charge on any atom is 0.276 e. The van der Waals surface area contributed by atoms with Gasteiger partial charge in [0.25, 0.3) is 5.91 Å². The Morgan fingerprint density at radius 2 is 1.64 bits per heavy atom. The monoisotopic (exact) mass is 438 g/mol. The number of pyridine rings is 1. The number of carbonyl (C=O) groups is 1. The molecule has 33 heavy (non-hydrogen) atoms. The van der Waals surface area contributed by atoms with Crippen LogP contribution in [0.3, 0.4) is 0 Å². The molecule has 2 heterocycles. The Morgan fingerprint density at radius 1 is 0.939 bits per heavy atom. The van der Waals surface area contributed by atoms with Gasteiger partial charge in [-0.15, -0.1) is 0 Å². The van der Waals surface area contributed by atoms with Crippen LogP contribution >= 0.6 is 0 Å². The van der Waals surface area contributed by atoms with Gasteiger partial charge in [0.1, 0.15) is 12.4 Å². The summed E-state index contributed by atoms with van der Waals surface area (Å²) >= 11 is 0. The van der Waals surface area contributed by atoms with Crippen molar-refractivity contribution in [3.8, 4) is 11.5 Å². The molecule has 5 rings (SSSR count). The van der Waals surface area contributed by atoms with Gasteiger partial charge in [0.15, 0.2) is 11.4 Å². The number of rotatable bonds is 4. The number of amides is 1. The number of nitrogens with one attached hydrogen (secondary N) is 1. The van der Waals surface area contributed by atoms with E-state index in [9.17, 15) is 14.7 Å². The van der Waals surface area contributed by atoms with E-state index in [1.165, 1.54) is 6.07 Å². The number of nitrogens with zero attached hydrogens (tertiary/aromatic N) is 1. The smallest absolute Gasteiger partial charge is 0.276 e. The second kappa shape index (κ2) is 8.67. The zero-order valence-corrected chi connectivity index (χ0v) is 17.8. The first-order valence-electron chi connectivity index (χ1n) is 10.7. The van der Waals surface area contributed by atoms with Gasteiger partial charge < -0.3 is 19.7 Å². The summed E-state index contributed by atoms with van der Waals surface area (Å²) in [6, 6.07) is 26.1. The second-order valence-electron chi connectivity index (χ2n) is 7.93. The minimum Gasteiger partial charge on any atom is -0.503 e. The molecule has 1 aromatic heterocycles. The number of aromatic hydroxyl groups is 1. The second-order valence-corrected chi connectivity index (χ2v) is 7.93. The van der Waals surface area contributed by atoms with Crippen molar-refractivity contribution in [2.45, 2.75) is 19.1 Å². The van der Waals surface area contributed by atoms with E-state index in [1.54, 1.807) is 35.0 Å². The number of aromatic nitrogens is 1. The molecular formula is C27H22N2O4. The summed E-state index contributed by atoms with van der Waals surface area (Å²) in [6.45, 7) is 0.781. The van der Waals surface area contributed by atoms with Crippen molar-refractivity contribution in [3.63, 3.8) is 0 Å². The van der Waals surface area contributed by atoms with Crippen molar-refractivity contribution in [2.75, 3.05) is 5.32 Å². The highest BCUT2D eigenvalue weighted by atomic mass is 16.5. The number of ether oxygens (including phenoxy) is 1. The molecule has 0 spiro atoms. The molecule has 4 aromatic rings. The van der Waals surface area contributed by atoms with E-state index in [0.717, 1.165) is 22.4 Å². The largest absolute Gasteiger partial charge is 0.503 e. The van der Waals surface area contributed by atoms with Gasteiger partial charge in [-0.2, -0.15) is 0 Å². The van der Waals surface area contributed by atoms with Crippen molar-refractivity contribution in [1.29, 1.82) is 0 Å². The van der Waals surface area contributed by atoms with Gasteiger partial charge >= 0.3 is 0 Å². The first-order chi connectivity index (χ1) is 16.1. The summed E-state index contributed by atoms with van der Waals surface area (Å²) in [7, 11) is 0. The highest BCUT2D eigenvalue weighted by Crippen LogP contribution is 2.38. The lowest BCUT2D eigenvalue weighted by Gasteiger charge is -2.23. The van der Waals surface area contributed by atoms with Crippen molar-refractivity contribution < 1.29 is 14.6 Å². The molecule has 0 bridgehead atoms. The lowest BCUT2D eigenvalue weighted by molar-refractivity contribution is 0.101. The Hall–Kier alpha value is -4.32. The third-order valence-electron chi connectivity index (χ3n) is 5.88. The molecular weight excluding hydrogens is 416 g/mol. The number of hydrogen-bond acceptors (Lipinski definition) is 4. The third-order valence-corrected chi connectivity index (χ3v) is 5.88. The maximum atomic E-state index is 13.2. The Labute approximate surface area is 190 Å². The van der Waals surface area contributed by atoms with Crippen molar-refractivity contribution in [2.24, 2.45) is 0 Å². The van der Waals surface area contributed by atoms with Gasteiger partial charge in [0.2, 0.25) is 5.43 Å². The van der Waals surface area contributed by atoms with Crippen LogP contribution in [0, 0.1) is 0 Å². The fourth-order valence-corrected chi connectivity index (χ4v) is 4.29. The van der Waals surface area contributed by atoms with Gasteiger partial charge in [-0.1, -0.05) is 60.7 Å². The minimum atomic E-state index is -0.602. The summed E-state index contributed by atoms with van der Waals surface area (Å²) < 4.78 is 7.69. The lowest BCUT2D eigenvalue weighted by atomic mass is 9.88. The summed E-state index contributed by atoms with van der Waals surface area (Å²) in [5.74, 6) is -0.496. The molecule has 1 unspecified atom stereocenters. The normalized spacial score (nSPS) is 14.4. The SMILES string of the molecule is O=C(Nc1ccccc1)c1c(O)c(=O)ccn1CC1c2ccccc2COc2ccccc21. The minimum absolute atomic E-state index is 0.0773. The van der Waals surface area contributed by atoms with Crippen molar-refractivity contribution >= 4 is 11.6 Å². The quantitative estimate of drug-likeness (QED) is 0.491. The standard InChI is InChI=1S/C27H22N2O4/c30-23-14-15-29(25(26(23)31)27(32)28-19-9-2-1-3-10-19)16-22-20-11-5-4-8-18(20)17-33-24-13-7-6-12-21(22)24/h1-15,22,31H,16-17H2,(H,28,32). The zero-order chi connectivity index (χ0) is 22.8. The molecule has 0 fully saturated rings. The number of fused-ring (bicyclic) bond motifs is 2. The molecule has 3 aromatic carbocycles. The van der Waals surface area contributed by atoms with Crippen molar-refractivity contribution in [1.82, 2.24) is 4.57 Å². The summed E-state index contributed by atoms with van der Waals surface area (Å²) in [4.78, 5) is 25.4. The molecule has 1 amide bonds. The first kappa shape index (κ1) is 20.6. The van der Waals surface area contributed by atoms with E-state index in [-0.39, 0.29) is 11.6 Å². The van der Waals surface area contributed by atoms with Gasteiger partial charge in [-0.05, 0) is 29.3 Å². The van der Waals surface area contributed by atoms with Gasteiger partial charge in [-0.25, -0.2) is 0 Å². The highest BCUT2D eigenvalue weighted by molar-refractivity contribution is 6.04. The maximum absolute atomic E-state index is 13.2. The van der Waals surface area contributed by atoms with Crippen molar-refractivity contribution in [3.05, 3.63) is 124 Å². The molecule has 6 nitrogen and oxygen atoms in total. The third kappa shape index (κ3) is 3.99. The molecule has 1 atom stereocenters. The van der Waals surface area contributed by atoms with Gasteiger partial charge in [-0.3, -0.25) is 9.59 Å². The van der Waals surface area contributed by atoms with Gasteiger partial charge in [0.05, 0.1) is 0 Å². The number of para-hydroxylation sites is 2. The zero-order valence-electron chi connectivity index (χ0n) is 17.8. The summed E-state index contributed by atoms with van der Waals surface area (Å²) in [5.41, 5.74) is 3.01. The van der Waals surface area contributed by atoms with Crippen LogP contribution < -0.4 is 15.5 Å². The van der Waals surface area contributed by atoms with E-state index in [1.807, 2.05) is 48.5 Å². The average molecular weight is 438 g/mol. The molecule has 164 valence electrons. The van der Waals surface area contributed by atoms with Crippen LogP contribution in [0.1, 0.15) is 33.1 Å². The lowest BCUT2D eigenvalue weighted by Crippen LogP contribution is -2.24. The van der Waals surface area contributed by atoms with E-state index >= 15 is 0 Å². The fourth-order valence-electron chi connectivity index (χ4n) is 4.29. The number of anilines is 1. The van der Waals surface area contributed by atoms with Crippen LogP contribution in [-0.4, -0.2) is 15.6 Å². The van der Waals surface area contributed by atoms with Crippen LogP contribution in [0.2, 0.25) is 0 Å². The topological polar surface area (TPSA) is 80.6 Å². The van der Waals surface area contributed by atoms with E-state index in [4.69, 9.17) is 4.74 Å². The first-order valence-corrected chi connectivity index (χ1v) is 10.7. The number of carbonyl (C=O) groups excluding carboxylic acids is 1. The van der Waals surface area contributed by atoms with Crippen LogP contribution in [0.15, 0.2) is 95.9 Å². The Bertz CT molecular complexity index is 1330. The van der Waals surface area contributed by atoms with Gasteiger partial charge in [0, 0.05) is 36.0 Å². The summed E-state index contributed by atoms with van der Waals surface area (Å²) in [5, 5.41) is 13.4. The molecule has 1 aliphatic rings. The molecule has 6 heteroatoms. The number of benzene rings is 3. The Balaban J connectivity index is 1.60. The molecule has 0 aliphatic carbocycles. The molecule has 0 radical (unpaired) electrons. The fraction of sp³-hybridized carbons (Fsp3) is 0.111. The van der Waals surface area contributed by atoms with Crippen LogP contribution in [0.25, 0.3) is 0 Å². The predicted octanol–water partition coefficient (Wildman–Crippen LogP) is 4.53. The Morgan fingerprint density at radius 3 is 2.45 bits per heavy atom. The molecule has 2 N–H and O–H groups in total.